The zero-order chi connectivity index (χ0) is 18.9. The number of hydrogen-bond acceptors (Lipinski definition) is 4. The number of urea groups is 1. The molecule has 2 aliphatic rings. The summed E-state index contributed by atoms with van der Waals surface area (Å²) >= 11 is 1.21. The van der Waals surface area contributed by atoms with Crippen molar-refractivity contribution in [1.29, 1.82) is 0 Å². The van der Waals surface area contributed by atoms with Crippen LogP contribution in [0.15, 0.2) is 52.1 Å². The Morgan fingerprint density at radius 1 is 1.15 bits per heavy atom. The van der Waals surface area contributed by atoms with E-state index in [0.717, 1.165) is 19.3 Å². The third kappa shape index (κ3) is 4.02. The predicted octanol–water partition coefficient (Wildman–Crippen LogP) is 2.44. The Bertz CT molecular complexity index is 884. The van der Waals surface area contributed by atoms with Gasteiger partial charge < -0.3 is 10.2 Å². The first-order chi connectivity index (χ1) is 13.0. The third-order valence-corrected chi connectivity index (χ3v) is 8.23. The van der Waals surface area contributed by atoms with Gasteiger partial charge in [-0.15, -0.1) is 11.3 Å². The molecule has 1 aromatic heterocycles. The lowest BCUT2D eigenvalue weighted by atomic mass is 10.1. The second-order valence-corrected chi connectivity index (χ2v) is 10.1. The van der Waals surface area contributed by atoms with Crippen molar-refractivity contribution in [3.05, 3.63) is 53.4 Å². The van der Waals surface area contributed by atoms with Crippen LogP contribution in [-0.2, 0) is 16.4 Å². The Kier molecular flexibility index (Phi) is 5.21. The van der Waals surface area contributed by atoms with Crippen molar-refractivity contribution in [3.8, 4) is 0 Å². The van der Waals surface area contributed by atoms with E-state index >= 15 is 0 Å². The minimum absolute atomic E-state index is 0.0681. The fourth-order valence-corrected chi connectivity index (χ4v) is 6.41. The van der Waals surface area contributed by atoms with Gasteiger partial charge in [0.05, 0.1) is 6.04 Å². The average Bonchev–Trinajstić information content (AvgIpc) is 3.39. The van der Waals surface area contributed by atoms with Crippen LogP contribution in [0, 0.1) is 5.92 Å². The maximum Gasteiger partial charge on any atom is 0.317 e. The third-order valence-electron chi connectivity index (χ3n) is 5.34. The van der Waals surface area contributed by atoms with Crippen LogP contribution in [0.1, 0.15) is 18.4 Å². The van der Waals surface area contributed by atoms with Gasteiger partial charge in [-0.2, -0.15) is 0 Å². The molecule has 2 N–H and O–H groups in total. The zero-order valence-electron chi connectivity index (χ0n) is 14.9. The molecule has 2 aromatic rings. The molecule has 144 valence electrons. The highest BCUT2D eigenvalue weighted by Crippen LogP contribution is 2.38. The first kappa shape index (κ1) is 18.5. The van der Waals surface area contributed by atoms with Crippen LogP contribution < -0.4 is 10.0 Å². The summed E-state index contributed by atoms with van der Waals surface area (Å²) in [4.78, 5) is 14.4. The van der Waals surface area contributed by atoms with E-state index in [-0.39, 0.29) is 18.1 Å². The van der Waals surface area contributed by atoms with Crippen molar-refractivity contribution in [1.82, 2.24) is 14.9 Å². The van der Waals surface area contributed by atoms with Crippen molar-refractivity contribution < 1.29 is 13.2 Å². The van der Waals surface area contributed by atoms with Gasteiger partial charge in [-0.05, 0) is 42.2 Å². The van der Waals surface area contributed by atoms with E-state index in [1.165, 1.54) is 16.9 Å². The smallest absolute Gasteiger partial charge is 0.317 e. The Morgan fingerprint density at radius 2 is 1.96 bits per heavy atom. The Morgan fingerprint density at radius 3 is 2.67 bits per heavy atom. The molecule has 1 saturated heterocycles. The van der Waals surface area contributed by atoms with Gasteiger partial charge in [0.15, 0.2) is 0 Å². The van der Waals surface area contributed by atoms with Crippen LogP contribution >= 0.6 is 11.3 Å². The summed E-state index contributed by atoms with van der Waals surface area (Å²) in [7, 11) is -3.51. The number of piperidine rings is 1. The number of fused-ring (bicyclic) bond motifs is 2. The number of sulfonamides is 1. The minimum Gasteiger partial charge on any atom is -0.338 e. The van der Waals surface area contributed by atoms with Crippen molar-refractivity contribution in [2.24, 2.45) is 5.92 Å². The lowest BCUT2D eigenvalue weighted by molar-refractivity contribution is 0.170. The second kappa shape index (κ2) is 7.61. The van der Waals surface area contributed by atoms with Crippen molar-refractivity contribution in [2.45, 2.75) is 35.6 Å². The van der Waals surface area contributed by atoms with Gasteiger partial charge in [-0.1, -0.05) is 36.4 Å². The molecule has 6 nitrogen and oxygen atoms in total. The lowest BCUT2D eigenvalue weighted by Crippen LogP contribution is -2.54. The first-order valence-corrected chi connectivity index (χ1v) is 11.5. The van der Waals surface area contributed by atoms with Gasteiger partial charge in [0.1, 0.15) is 4.21 Å². The first-order valence-electron chi connectivity index (χ1n) is 9.17. The summed E-state index contributed by atoms with van der Waals surface area (Å²) < 4.78 is 28.2. The number of hydrogen-bond donors (Lipinski definition) is 2. The largest absolute Gasteiger partial charge is 0.338 e. The van der Waals surface area contributed by atoms with E-state index in [1.54, 1.807) is 22.4 Å². The molecule has 2 amide bonds. The minimum atomic E-state index is -3.51. The number of thiophene rings is 1. The zero-order valence-corrected chi connectivity index (χ0v) is 16.5. The van der Waals surface area contributed by atoms with Crippen LogP contribution in [0.2, 0.25) is 0 Å². The quantitative estimate of drug-likeness (QED) is 0.775. The summed E-state index contributed by atoms with van der Waals surface area (Å²) in [6.45, 7) is 1.28. The Balaban J connectivity index is 1.34. The molecular formula is C19H23N3O3S2. The molecule has 1 aromatic carbocycles. The molecule has 2 heterocycles. The number of nitrogens with one attached hydrogen (secondary N) is 2. The molecule has 1 aliphatic heterocycles. The van der Waals surface area contributed by atoms with Crippen LogP contribution in [0.3, 0.4) is 0 Å². The van der Waals surface area contributed by atoms with Crippen LogP contribution in [0.5, 0.6) is 0 Å². The van der Waals surface area contributed by atoms with E-state index < -0.39 is 10.0 Å². The molecule has 0 spiro atoms. The van der Waals surface area contributed by atoms with Gasteiger partial charge in [0.25, 0.3) is 0 Å². The molecule has 27 heavy (non-hydrogen) atoms. The van der Waals surface area contributed by atoms with Crippen molar-refractivity contribution in [3.63, 3.8) is 0 Å². The standard InChI is InChI=1S/C19H23N3O3S2/c23-19(20-9-8-14-5-2-1-3-6-14)22-13-15-11-16(17(22)12-15)21-27(24,25)18-7-4-10-26-18/h1-7,10,15-17,21H,8-9,11-13H2,(H,20,23)/t15-,16+,17-/m1/s1. The maximum atomic E-state index is 12.6. The molecule has 8 heteroatoms. The summed E-state index contributed by atoms with van der Waals surface area (Å²) in [5.74, 6) is 0.367. The Hall–Kier alpha value is -1.90. The number of carbonyl (C=O) groups is 1. The second-order valence-electron chi connectivity index (χ2n) is 7.18. The number of carbonyl (C=O) groups excluding carboxylic acids is 1. The van der Waals surface area contributed by atoms with Gasteiger partial charge in [0, 0.05) is 19.1 Å². The van der Waals surface area contributed by atoms with E-state index in [9.17, 15) is 13.2 Å². The van der Waals surface area contributed by atoms with Gasteiger partial charge >= 0.3 is 6.03 Å². The molecule has 2 bridgehead atoms. The molecule has 4 rings (SSSR count). The fraction of sp³-hybridized carbons (Fsp3) is 0.421. The molecular weight excluding hydrogens is 382 g/mol. The highest BCUT2D eigenvalue weighted by atomic mass is 32.2. The molecule has 2 fully saturated rings. The van der Waals surface area contributed by atoms with E-state index in [1.807, 2.05) is 30.3 Å². The van der Waals surface area contributed by atoms with Crippen LogP contribution in [-0.4, -0.2) is 44.5 Å². The monoisotopic (exact) mass is 405 g/mol. The lowest BCUT2D eigenvalue weighted by Gasteiger charge is -2.33. The number of nitrogens with zero attached hydrogens (tertiary/aromatic N) is 1. The van der Waals surface area contributed by atoms with Gasteiger partial charge in [-0.25, -0.2) is 17.9 Å². The summed E-state index contributed by atoms with van der Waals surface area (Å²) in [5, 5.41) is 4.73. The van der Waals surface area contributed by atoms with Crippen LogP contribution in [0.25, 0.3) is 0 Å². The predicted molar refractivity (Wildman–Crippen MR) is 105 cm³/mol. The number of amides is 2. The summed E-state index contributed by atoms with van der Waals surface area (Å²) in [6, 6.07) is 13.0. The molecule has 0 unspecified atom stereocenters. The number of rotatable bonds is 6. The van der Waals surface area contributed by atoms with Crippen LogP contribution in [0.4, 0.5) is 4.79 Å². The summed E-state index contributed by atoms with van der Waals surface area (Å²) in [5.41, 5.74) is 1.18. The van der Waals surface area contributed by atoms with Crippen molar-refractivity contribution >= 4 is 27.4 Å². The van der Waals surface area contributed by atoms with Gasteiger partial charge in [-0.3, -0.25) is 0 Å². The normalized spacial score (nSPS) is 24.3. The average molecular weight is 406 g/mol. The molecule has 1 saturated carbocycles. The molecule has 1 aliphatic carbocycles. The van der Waals surface area contributed by atoms with Crippen molar-refractivity contribution in [2.75, 3.05) is 13.1 Å². The fourth-order valence-electron chi connectivity index (χ4n) is 4.12. The maximum absolute atomic E-state index is 12.6. The molecule has 3 atom stereocenters. The van der Waals surface area contributed by atoms with E-state index in [2.05, 4.69) is 10.0 Å². The van der Waals surface area contributed by atoms with E-state index in [4.69, 9.17) is 0 Å². The Labute approximate surface area is 163 Å². The van der Waals surface area contributed by atoms with E-state index in [0.29, 0.717) is 23.2 Å². The SMILES string of the molecule is O=C(NCCc1ccccc1)N1C[C@@H]2C[C@H](NS(=O)(=O)c3cccs3)[C@H]1C2. The molecule has 0 radical (unpaired) electrons. The highest BCUT2D eigenvalue weighted by molar-refractivity contribution is 7.91. The number of benzene rings is 1. The highest BCUT2D eigenvalue weighted by Gasteiger charge is 2.48. The summed E-state index contributed by atoms with van der Waals surface area (Å²) in [6.07, 6.45) is 2.44. The van der Waals surface area contributed by atoms with Gasteiger partial charge in [0.2, 0.25) is 10.0 Å². The topological polar surface area (TPSA) is 78.5 Å². The number of likely N-dealkylation sites (tertiary alicyclic amines) is 1.